The second-order valence-corrected chi connectivity index (χ2v) is 4.48. The molecule has 7 heteroatoms. The molecule has 0 radical (unpaired) electrons. The van der Waals surface area contributed by atoms with Gasteiger partial charge in [-0.2, -0.15) is 5.26 Å². The van der Waals surface area contributed by atoms with Gasteiger partial charge in [-0.05, 0) is 18.2 Å². The van der Waals surface area contributed by atoms with Gasteiger partial charge in [0.1, 0.15) is 18.5 Å². The van der Waals surface area contributed by atoms with E-state index in [-0.39, 0.29) is 26.3 Å². The lowest BCUT2D eigenvalue weighted by atomic mass is 10.2. The lowest BCUT2D eigenvalue weighted by Crippen LogP contribution is -2.39. The first-order valence-corrected chi connectivity index (χ1v) is 6.47. The van der Waals surface area contributed by atoms with E-state index in [1.807, 2.05) is 6.07 Å². The van der Waals surface area contributed by atoms with E-state index in [9.17, 15) is 13.9 Å². The molecule has 0 spiro atoms. The third-order valence-corrected chi connectivity index (χ3v) is 2.69. The summed E-state index contributed by atoms with van der Waals surface area (Å²) in [6.07, 6.45) is -3.50. The van der Waals surface area contributed by atoms with Gasteiger partial charge >= 0.3 is 0 Å². The van der Waals surface area contributed by atoms with Crippen LogP contribution in [0.5, 0.6) is 5.75 Å². The number of nitrogens with zero attached hydrogens (tertiary/aromatic N) is 2. The summed E-state index contributed by atoms with van der Waals surface area (Å²) in [5, 5.41) is 27.3. The van der Waals surface area contributed by atoms with Gasteiger partial charge in [0.2, 0.25) is 0 Å². The largest absolute Gasteiger partial charge is 0.491 e. The molecule has 1 unspecified atom stereocenters. The average molecular weight is 300 g/mol. The highest BCUT2D eigenvalue weighted by Crippen LogP contribution is 2.13. The molecule has 0 aliphatic heterocycles. The van der Waals surface area contributed by atoms with Gasteiger partial charge in [-0.25, -0.2) is 8.78 Å². The molecule has 1 rings (SSSR count). The Labute approximate surface area is 122 Å². The van der Waals surface area contributed by atoms with E-state index in [2.05, 4.69) is 0 Å². The molecule has 0 amide bonds. The lowest BCUT2D eigenvalue weighted by molar-refractivity contribution is 0.0298. The molecule has 1 atom stereocenters. The predicted octanol–water partition coefficient (Wildman–Crippen LogP) is 0.857. The minimum absolute atomic E-state index is 0.0250. The Balaban J connectivity index is 2.44. The summed E-state index contributed by atoms with van der Waals surface area (Å²) >= 11 is 0. The highest BCUT2D eigenvalue weighted by molar-refractivity contribution is 5.36. The first-order chi connectivity index (χ1) is 10.0. The molecule has 0 saturated carbocycles. The zero-order valence-electron chi connectivity index (χ0n) is 11.5. The topological polar surface area (TPSA) is 76.7 Å². The van der Waals surface area contributed by atoms with Gasteiger partial charge in [0.15, 0.2) is 0 Å². The number of alkyl halides is 2. The van der Waals surface area contributed by atoms with Crippen molar-refractivity contribution in [2.45, 2.75) is 12.5 Å². The van der Waals surface area contributed by atoms with Crippen LogP contribution in [0.1, 0.15) is 5.56 Å². The summed E-state index contributed by atoms with van der Waals surface area (Å²) in [7, 11) is 0. The molecule has 0 bridgehead atoms. The van der Waals surface area contributed by atoms with Crippen LogP contribution in [0.3, 0.4) is 0 Å². The molecule has 0 aliphatic rings. The fraction of sp³-hybridized carbons (Fsp3) is 0.500. The van der Waals surface area contributed by atoms with Gasteiger partial charge in [-0.3, -0.25) is 4.90 Å². The summed E-state index contributed by atoms with van der Waals surface area (Å²) in [5.41, 5.74) is 0.432. The normalized spacial score (nSPS) is 12.4. The third-order valence-electron chi connectivity index (χ3n) is 2.69. The molecule has 116 valence electrons. The Hall–Kier alpha value is -1.75. The summed E-state index contributed by atoms with van der Waals surface area (Å²) < 4.78 is 30.0. The van der Waals surface area contributed by atoms with Crippen LogP contribution in [0.4, 0.5) is 8.78 Å². The van der Waals surface area contributed by atoms with E-state index >= 15 is 0 Å². The second kappa shape index (κ2) is 9.23. The number of hydrogen-bond acceptors (Lipinski definition) is 5. The molecule has 1 aromatic rings. The van der Waals surface area contributed by atoms with E-state index < -0.39 is 19.1 Å². The molecule has 1 aromatic carbocycles. The zero-order chi connectivity index (χ0) is 15.7. The number of aliphatic hydroxyl groups is 2. The van der Waals surface area contributed by atoms with E-state index in [0.717, 1.165) is 0 Å². The SMILES string of the molecule is N#Cc1cccc(OCC(O)CN(CCO)CC(F)F)c1. The van der Waals surface area contributed by atoms with E-state index in [1.165, 1.54) is 11.0 Å². The van der Waals surface area contributed by atoms with Crippen LogP contribution in [0.25, 0.3) is 0 Å². The molecule has 0 aliphatic carbocycles. The predicted molar refractivity (Wildman–Crippen MR) is 72.2 cm³/mol. The monoisotopic (exact) mass is 300 g/mol. The molecule has 0 aromatic heterocycles. The lowest BCUT2D eigenvalue weighted by Gasteiger charge is -2.23. The number of aliphatic hydroxyl groups excluding tert-OH is 2. The highest BCUT2D eigenvalue weighted by atomic mass is 19.3. The van der Waals surface area contributed by atoms with Gasteiger partial charge < -0.3 is 14.9 Å². The number of benzene rings is 1. The minimum Gasteiger partial charge on any atom is -0.491 e. The van der Waals surface area contributed by atoms with Crippen LogP contribution in [0.2, 0.25) is 0 Å². The third kappa shape index (κ3) is 6.99. The van der Waals surface area contributed by atoms with Crippen LogP contribution in [-0.2, 0) is 0 Å². The van der Waals surface area contributed by atoms with Gasteiger partial charge in [0, 0.05) is 13.1 Å². The Morgan fingerprint density at radius 1 is 1.33 bits per heavy atom. The molecular weight excluding hydrogens is 282 g/mol. The maximum Gasteiger partial charge on any atom is 0.251 e. The van der Waals surface area contributed by atoms with Crippen LogP contribution in [0.15, 0.2) is 24.3 Å². The fourth-order valence-corrected chi connectivity index (χ4v) is 1.79. The van der Waals surface area contributed by atoms with Crippen molar-refractivity contribution < 1.29 is 23.7 Å². The van der Waals surface area contributed by atoms with Crippen molar-refractivity contribution >= 4 is 0 Å². The van der Waals surface area contributed by atoms with Gasteiger partial charge in [-0.1, -0.05) is 6.07 Å². The number of halogens is 2. The van der Waals surface area contributed by atoms with Crippen molar-refractivity contribution in [2.75, 3.05) is 32.8 Å². The van der Waals surface area contributed by atoms with Gasteiger partial charge in [0.25, 0.3) is 6.43 Å². The Bertz CT molecular complexity index is 466. The van der Waals surface area contributed by atoms with Crippen LogP contribution >= 0.6 is 0 Å². The smallest absolute Gasteiger partial charge is 0.251 e. The van der Waals surface area contributed by atoms with Crippen molar-refractivity contribution in [2.24, 2.45) is 0 Å². The van der Waals surface area contributed by atoms with Crippen molar-refractivity contribution in [3.8, 4) is 11.8 Å². The summed E-state index contributed by atoms with van der Waals surface area (Å²) in [4.78, 5) is 1.27. The van der Waals surface area contributed by atoms with Crippen molar-refractivity contribution in [3.63, 3.8) is 0 Å². The molecular formula is C14H18F2N2O3. The van der Waals surface area contributed by atoms with Crippen LogP contribution < -0.4 is 4.74 Å². The van der Waals surface area contributed by atoms with Gasteiger partial charge in [-0.15, -0.1) is 0 Å². The number of hydrogen-bond donors (Lipinski definition) is 2. The highest BCUT2D eigenvalue weighted by Gasteiger charge is 2.16. The molecule has 0 saturated heterocycles. The second-order valence-electron chi connectivity index (χ2n) is 4.48. The Morgan fingerprint density at radius 2 is 2.10 bits per heavy atom. The quantitative estimate of drug-likeness (QED) is 0.707. The molecule has 2 N–H and O–H groups in total. The first-order valence-electron chi connectivity index (χ1n) is 6.47. The van der Waals surface area contributed by atoms with Crippen LogP contribution in [0, 0.1) is 11.3 Å². The molecule has 5 nitrogen and oxygen atoms in total. The van der Waals surface area contributed by atoms with Crippen molar-refractivity contribution in [1.29, 1.82) is 5.26 Å². The summed E-state index contributed by atoms with van der Waals surface area (Å²) in [6.45, 7) is -0.819. The summed E-state index contributed by atoms with van der Waals surface area (Å²) in [5.74, 6) is 0.427. The van der Waals surface area contributed by atoms with Crippen molar-refractivity contribution in [3.05, 3.63) is 29.8 Å². The number of nitriles is 1. The minimum atomic E-state index is -2.53. The maximum absolute atomic E-state index is 12.3. The molecule has 0 heterocycles. The Morgan fingerprint density at radius 3 is 2.71 bits per heavy atom. The molecule has 0 fully saturated rings. The summed E-state index contributed by atoms with van der Waals surface area (Å²) in [6, 6.07) is 8.39. The average Bonchev–Trinajstić information content (AvgIpc) is 2.45. The first kappa shape index (κ1) is 17.3. The molecule has 21 heavy (non-hydrogen) atoms. The fourth-order valence-electron chi connectivity index (χ4n) is 1.79. The van der Waals surface area contributed by atoms with E-state index in [4.69, 9.17) is 15.1 Å². The van der Waals surface area contributed by atoms with E-state index in [1.54, 1.807) is 18.2 Å². The van der Waals surface area contributed by atoms with Gasteiger partial charge in [0.05, 0.1) is 24.8 Å². The standard InChI is InChI=1S/C14H18F2N2O3/c15-14(16)9-18(4-5-19)8-12(20)10-21-13-3-1-2-11(6-13)7-17/h1-3,6,12,14,19-20H,4-5,8-10H2. The number of rotatable bonds is 9. The Kier molecular flexibility index (Phi) is 7.61. The maximum atomic E-state index is 12.3. The van der Waals surface area contributed by atoms with Crippen LogP contribution in [-0.4, -0.2) is 60.5 Å². The number of ether oxygens (including phenoxy) is 1. The van der Waals surface area contributed by atoms with E-state index in [0.29, 0.717) is 11.3 Å². The van der Waals surface area contributed by atoms with Crippen molar-refractivity contribution in [1.82, 2.24) is 4.90 Å². The zero-order valence-corrected chi connectivity index (χ0v) is 11.5.